The molecule has 108 valence electrons. The number of hydrogen-bond donors (Lipinski definition) is 2. The maximum atomic E-state index is 9.96. The van der Waals surface area contributed by atoms with Gasteiger partial charge < -0.3 is 15.2 Å². The molecule has 2 rings (SSSR count). The van der Waals surface area contributed by atoms with Crippen LogP contribution in [0.3, 0.4) is 0 Å². The third-order valence-corrected chi connectivity index (χ3v) is 3.05. The van der Waals surface area contributed by atoms with Gasteiger partial charge in [0.1, 0.15) is 18.5 Å². The van der Waals surface area contributed by atoms with Crippen LogP contribution in [0, 0.1) is 0 Å². The lowest BCUT2D eigenvalue weighted by atomic mass is 10.1. The van der Waals surface area contributed by atoms with Gasteiger partial charge in [0.2, 0.25) is 0 Å². The third kappa shape index (κ3) is 4.22. The number of ether oxygens (including phenoxy) is 1. The fourth-order valence-electron chi connectivity index (χ4n) is 1.99. The van der Waals surface area contributed by atoms with Crippen LogP contribution in [0.5, 0.6) is 5.75 Å². The fourth-order valence-corrected chi connectivity index (χ4v) is 1.99. The highest BCUT2D eigenvalue weighted by molar-refractivity contribution is 5.88. The Morgan fingerprint density at radius 3 is 2.55 bits per heavy atom. The molecule has 0 saturated carbocycles. The van der Waals surface area contributed by atoms with Crippen LogP contribution in [0.1, 0.15) is 20.8 Å². The van der Waals surface area contributed by atoms with E-state index < -0.39 is 6.10 Å². The van der Waals surface area contributed by atoms with E-state index in [-0.39, 0.29) is 12.1 Å². The van der Waals surface area contributed by atoms with Crippen molar-refractivity contribution in [1.82, 2.24) is 5.32 Å². The molecule has 2 aromatic carbocycles. The molecule has 2 N–H and O–H groups in total. The molecule has 2 aromatic rings. The molecule has 3 heteroatoms. The van der Waals surface area contributed by atoms with E-state index in [4.69, 9.17) is 4.74 Å². The molecule has 0 aromatic heterocycles. The maximum absolute atomic E-state index is 9.96. The average molecular weight is 273 g/mol. The molecule has 0 spiro atoms. The van der Waals surface area contributed by atoms with Gasteiger partial charge in [-0.1, -0.05) is 36.4 Å². The molecule has 0 heterocycles. The maximum Gasteiger partial charge on any atom is 0.127 e. The number of hydrogen-bond acceptors (Lipinski definition) is 3. The zero-order valence-corrected chi connectivity index (χ0v) is 12.4. The van der Waals surface area contributed by atoms with Crippen LogP contribution < -0.4 is 10.1 Å². The van der Waals surface area contributed by atoms with Gasteiger partial charge in [-0.25, -0.2) is 0 Å². The summed E-state index contributed by atoms with van der Waals surface area (Å²) in [5.41, 5.74) is 0.000420. The van der Waals surface area contributed by atoms with Crippen LogP contribution in [0.4, 0.5) is 0 Å². The van der Waals surface area contributed by atoms with Gasteiger partial charge >= 0.3 is 0 Å². The van der Waals surface area contributed by atoms with E-state index in [1.54, 1.807) is 0 Å². The van der Waals surface area contributed by atoms with Crippen LogP contribution in [0.2, 0.25) is 0 Å². The first-order chi connectivity index (χ1) is 9.46. The van der Waals surface area contributed by atoms with Crippen LogP contribution in [-0.2, 0) is 0 Å². The minimum absolute atomic E-state index is 0.000420. The summed E-state index contributed by atoms with van der Waals surface area (Å²) in [7, 11) is 0. The van der Waals surface area contributed by atoms with Crippen molar-refractivity contribution in [2.24, 2.45) is 0 Å². The summed E-state index contributed by atoms with van der Waals surface area (Å²) < 4.78 is 5.76. The number of fused-ring (bicyclic) bond motifs is 1. The molecule has 20 heavy (non-hydrogen) atoms. The summed E-state index contributed by atoms with van der Waals surface area (Å²) in [6.07, 6.45) is -0.520. The lowest BCUT2D eigenvalue weighted by molar-refractivity contribution is 0.101. The van der Waals surface area contributed by atoms with Crippen molar-refractivity contribution in [2.45, 2.75) is 32.4 Å². The molecule has 0 amide bonds. The zero-order chi connectivity index (χ0) is 14.6. The molecule has 0 radical (unpaired) electrons. The molecule has 0 aliphatic rings. The predicted octanol–water partition coefficient (Wildman–Crippen LogP) is 2.97. The highest BCUT2D eigenvalue weighted by Gasteiger charge is 2.13. The molecule has 0 bridgehead atoms. The van der Waals surface area contributed by atoms with Crippen LogP contribution in [0.25, 0.3) is 10.8 Å². The number of benzene rings is 2. The third-order valence-electron chi connectivity index (χ3n) is 3.05. The van der Waals surface area contributed by atoms with E-state index in [0.717, 1.165) is 16.5 Å². The number of nitrogens with one attached hydrogen (secondary N) is 1. The highest BCUT2D eigenvalue weighted by atomic mass is 16.5. The summed E-state index contributed by atoms with van der Waals surface area (Å²) in [5.74, 6) is 0.818. The summed E-state index contributed by atoms with van der Waals surface area (Å²) in [5, 5.41) is 15.4. The second-order valence-electron chi connectivity index (χ2n) is 6.07. The van der Waals surface area contributed by atoms with Crippen LogP contribution in [-0.4, -0.2) is 29.9 Å². The van der Waals surface area contributed by atoms with Crippen LogP contribution in [0.15, 0.2) is 42.5 Å². The Morgan fingerprint density at radius 1 is 1.10 bits per heavy atom. The lowest BCUT2D eigenvalue weighted by Crippen LogP contribution is -2.42. The van der Waals surface area contributed by atoms with Crippen molar-refractivity contribution >= 4 is 10.8 Å². The smallest absolute Gasteiger partial charge is 0.127 e. The summed E-state index contributed by atoms with van der Waals surface area (Å²) in [4.78, 5) is 0. The standard InChI is InChI=1S/C17H23NO2/c1-17(2,3)18-11-14(19)12-20-16-10-6-8-13-7-4-5-9-15(13)16/h4-10,14,18-19H,11-12H2,1-3H3. The molecular formula is C17H23NO2. The van der Waals surface area contributed by atoms with Crippen LogP contribution >= 0.6 is 0 Å². The lowest BCUT2D eigenvalue weighted by Gasteiger charge is -2.23. The van der Waals surface area contributed by atoms with Crippen molar-refractivity contribution < 1.29 is 9.84 Å². The number of aliphatic hydroxyl groups is 1. The Hall–Kier alpha value is -1.58. The van der Waals surface area contributed by atoms with Crippen molar-refractivity contribution in [1.29, 1.82) is 0 Å². The van der Waals surface area contributed by atoms with Gasteiger partial charge in [0.25, 0.3) is 0 Å². The van der Waals surface area contributed by atoms with E-state index in [1.165, 1.54) is 0 Å². The SMILES string of the molecule is CC(C)(C)NCC(O)COc1cccc2ccccc12. The first kappa shape index (κ1) is 14.8. The summed E-state index contributed by atoms with van der Waals surface area (Å²) in [6.45, 7) is 7.03. The van der Waals surface area contributed by atoms with Gasteiger partial charge in [-0.05, 0) is 32.2 Å². The van der Waals surface area contributed by atoms with Gasteiger partial charge in [0.15, 0.2) is 0 Å². The summed E-state index contributed by atoms with van der Waals surface area (Å²) >= 11 is 0. The Labute approximate surface area is 120 Å². The normalized spacial score (nSPS) is 13.4. The van der Waals surface area contributed by atoms with Gasteiger partial charge in [0, 0.05) is 17.5 Å². The second kappa shape index (κ2) is 6.25. The van der Waals surface area contributed by atoms with E-state index >= 15 is 0 Å². The molecule has 1 unspecified atom stereocenters. The first-order valence-corrected chi connectivity index (χ1v) is 6.99. The Bertz CT molecular complexity index is 555. The minimum atomic E-state index is -0.520. The van der Waals surface area contributed by atoms with E-state index in [2.05, 4.69) is 38.2 Å². The van der Waals surface area contributed by atoms with E-state index in [9.17, 15) is 5.11 Å². The van der Waals surface area contributed by atoms with E-state index in [0.29, 0.717) is 6.54 Å². The largest absolute Gasteiger partial charge is 0.490 e. The summed E-state index contributed by atoms with van der Waals surface area (Å²) in [6, 6.07) is 14.1. The Balaban J connectivity index is 1.96. The van der Waals surface area contributed by atoms with Crippen molar-refractivity contribution in [3.05, 3.63) is 42.5 Å². The van der Waals surface area contributed by atoms with Gasteiger partial charge in [-0.3, -0.25) is 0 Å². The molecule has 1 atom stereocenters. The molecule has 0 saturated heterocycles. The van der Waals surface area contributed by atoms with Crippen molar-refractivity contribution in [3.63, 3.8) is 0 Å². The molecule has 0 aliphatic carbocycles. The molecular weight excluding hydrogens is 250 g/mol. The van der Waals surface area contributed by atoms with E-state index in [1.807, 2.05) is 30.3 Å². The Kier molecular flexibility index (Phi) is 4.63. The predicted molar refractivity (Wildman–Crippen MR) is 83.2 cm³/mol. The number of β-amino-alcohol motifs (C(OH)–C–C–N with tert-alkyl or cyclic N) is 1. The topological polar surface area (TPSA) is 41.5 Å². The average Bonchev–Trinajstić information content (AvgIpc) is 2.42. The second-order valence-corrected chi connectivity index (χ2v) is 6.07. The van der Waals surface area contributed by atoms with Gasteiger partial charge in [-0.2, -0.15) is 0 Å². The number of aliphatic hydroxyl groups excluding tert-OH is 1. The zero-order valence-electron chi connectivity index (χ0n) is 12.4. The minimum Gasteiger partial charge on any atom is -0.490 e. The monoisotopic (exact) mass is 273 g/mol. The molecule has 3 nitrogen and oxygen atoms in total. The van der Waals surface area contributed by atoms with Crippen molar-refractivity contribution in [3.8, 4) is 5.75 Å². The number of rotatable bonds is 5. The van der Waals surface area contributed by atoms with Gasteiger partial charge in [-0.15, -0.1) is 0 Å². The molecule has 0 fully saturated rings. The highest BCUT2D eigenvalue weighted by Crippen LogP contribution is 2.25. The fraction of sp³-hybridized carbons (Fsp3) is 0.412. The molecule has 0 aliphatic heterocycles. The Morgan fingerprint density at radius 2 is 1.80 bits per heavy atom. The first-order valence-electron chi connectivity index (χ1n) is 6.99. The van der Waals surface area contributed by atoms with Gasteiger partial charge in [0.05, 0.1) is 0 Å². The van der Waals surface area contributed by atoms with Crippen molar-refractivity contribution in [2.75, 3.05) is 13.2 Å². The quantitative estimate of drug-likeness (QED) is 0.880.